The highest BCUT2D eigenvalue weighted by Gasteiger charge is 2.05. The van der Waals surface area contributed by atoms with Gasteiger partial charge in [-0.15, -0.1) is 0 Å². The highest BCUT2D eigenvalue weighted by Crippen LogP contribution is 2.05. The molecule has 0 aliphatic rings. The SMILES string of the molecule is CCC(C#N)[Si]c1ccccc1. The van der Waals surface area contributed by atoms with Gasteiger partial charge in [0, 0.05) is 5.54 Å². The van der Waals surface area contributed by atoms with Crippen LogP contribution >= 0.6 is 0 Å². The van der Waals surface area contributed by atoms with Gasteiger partial charge in [0.25, 0.3) is 0 Å². The lowest BCUT2D eigenvalue weighted by molar-refractivity contribution is 0.956. The standard InChI is InChI=1S/C10H11NSi/c1-2-9(8-11)12-10-6-4-3-5-7-10/h3-7,9H,2H2,1H3. The van der Waals surface area contributed by atoms with Gasteiger partial charge in [-0.25, -0.2) is 0 Å². The first-order chi connectivity index (χ1) is 5.86. The van der Waals surface area contributed by atoms with Crippen molar-refractivity contribution in [3.63, 3.8) is 0 Å². The van der Waals surface area contributed by atoms with Crippen LogP contribution in [0, 0.1) is 11.3 Å². The maximum Gasteiger partial charge on any atom is 0.102 e. The molecule has 0 aliphatic carbocycles. The summed E-state index contributed by atoms with van der Waals surface area (Å²) in [6.07, 6.45) is 0.948. The predicted molar refractivity (Wildman–Crippen MR) is 51.5 cm³/mol. The van der Waals surface area contributed by atoms with Gasteiger partial charge in [-0.05, 0) is 6.42 Å². The number of nitrogens with zero attached hydrogens (tertiary/aromatic N) is 1. The van der Waals surface area contributed by atoms with Gasteiger partial charge in [0.15, 0.2) is 0 Å². The van der Waals surface area contributed by atoms with Crippen molar-refractivity contribution in [3.8, 4) is 6.07 Å². The molecule has 0 spiro atoms. The Morgan fingerprint density at radius 3 is 2.58 bits per heavy atom. The van der Waals surface area contributed by atoms with Gasteiger partial charge in [-0.2, -0.15) is 5.26 Å². The van der Waals surface area contributed by atoms with E-state index in [1.54, 1.807) is 0 Å². The molecule has 1 unspecified atom stereocenters. The fraction of sp³-hybridized carbons (Fsp3) is 0.300. The molecule has 1 rings (SSSR count). The normalized spacial score (nSPS) is 12.0. The Hall–Kier alpha value is -1.07. The minimum Gasteiger partial charge on any atom is -0.198 e. The van der Waals surface area contributed by atoms with Crippen molar-refractivity contribution in [1.82, 2.24) is 0 Å². The Labute approximate surface area is 75.9 Å². The molecule has 1 atom stereocenters. The zero-order valence-electron chi connectivity index (χ0n) is 7.12. The molecule has 0 saturated carbocycles. The Balaban J connectivity index is 2.58. The summed E-state index contributed by atoms with van der Waals surface area (Å²) in [7, 11) is 0.635. The van der Waals surface area contributed by atoms with Crippen molar-refractivity contribution in [1.29, 1.82) is 5.26 Å². The zero-order chi connectivity index (χ0) is 8.81. The summed E-state index contributed by atoms with van der Waals surface area (Å²) in [5.41, 5.74) is 0.201. The van der Waals surface area contributed by atoms with Crippen molar-refractivity contribution in [2.24, 2.45) is 0 Å². The molecule has 2 heteroatoms. The van der Waals surface area contributed by atoms with Crippen LogP contribution in [0.3, 0.4) is 0 Å². The van der Waals surface area contributed by atoms with Crippen molar-refractivity contribution in [3.05, 3.63) is 30.3 Å². The maximum absolute atomic E-state index is 8.74. The molecule has 0 aromatic heterocycles. The molecule has 0 heterocycles. The van der Waals surface area contributed by atoms with Crippen LogP contribution in [0.15, 0.2) is 30.3 Å². The summed E-state index contributed by atoms with van der Waals surface area (Å²) in [6.45, 7) is 2.06. The van der Waals surface area contributed by atoms with Gasteiger partial charge < -0.3 is 0 Å². The van der Waals surface area contributed by atoms with E-state index >= 15 is 0 Å². The first kappa shape index (κ1) is 9.02. The highest BCUT2D eigenvalue weighted by molar-refractivity contribution is 6.55. The first-order valence-electron chi connectivity index (χ1n) is 4.08. The lowest BCUT2D eigenvalue weighted by Crippen LogP contribution is -2.17. The molecule has 1 aromatic carbocycles. The Bertz CT molecular complexity index is 263. The van der Waals surface area contributed by atoms with E-state index < -0.39 is 0 Å². The minimum atomic E-state index is 0.201. The lowest BCUT2D eigenvalue weighted by atomic mass is 10.3. The number of nitriles is 1. The topological polar surface area (TPSA) is 23.8 Å². The number of benzene rings is 1. The molecule has 1 aromatic rings. The van der Waals surface area contributed by atoms with E-state index in [1.165, 1.54) is 5.19 Å². The second kappa shape index (κ2) is 4.73. The van der Waals surface area contributed by atoms with Gasteiger partial charge >= 0.3 is 0 Å². The van der Waals surface area contributed by atoms with Crippen LogP contribution in [0.1, 0.15) is 13.3 Å². The Morgan fingerprint density at radius 2 is 2.08 bits per heavy atom. The molecule has 1 nitrogen and oxygen atoms in total. The second-order valence-corrected chi connectivity index (χ2v) is 4.16. The fourth-order valence-electron chi connectivity index (χ4n) is 0.961. The lowest BCUT2D eigenvalue weighted by Gasteiger charge is -2.02. The molecule has 12 heavy (non-hydrogen) atoms. The van der Waals surface area contributed by atoms with E-state index in [0.717, 1.165) is 6.42 Å². The second-order valence-electron chi connectivity index (χ2n) is 2.60. The quantitative estimate of drug-likeness (QED) is 0.639. The largest absolute Gasteiger partial charge is 0.198 e. The molecule has 0 aliphatic heterocycles. The van der Waals surface area contributed by atoms with E-state index in [-0.39, 0.29) is 5.54 Å². The van der Waals surface area contributed by atoms with Crippen LogP contribution in [0.25, 0.3) is 0 Å². The Morgan fingerprint density at radius 1 is 1.42 bits per heavy atom. The van der Waals surface area contributed by atoms with Crippen LogP contribution in [-0.2, 0) is 0 Å². The van der Waals surface area contributed by atoms with Crippen LogP contribution in [0.5, 0.6) is 0 Å². The van der Waals surface area contributed by atoms with Gasteiger partial charge in [0.1, 0.15) is 9.52 Å². The van der Waals surface area contributed by atoms with Crippen LogP contribution in [-0.4, -0.2) is 9.52 Å². The molecule has 0 N–H and O–H groups in total. The summed E-state index contributed by atoms with van der Waals surface area (Å²) >= 11 is 0. The van der Waals surface area contributed by atoms with Gasteiger partial charge in [-0.1, -0.05) is 42.4 Å². The van der Waals surface area contributed by atoms with E-state index in [1.807, 2.05) is 18.2 Å². The van der Waals surface area contributed by atoms with Gasteiger partial charge in [-0.3, -0.25) is 0 Å². The van der Waals surface area contributed by atoms with Crippen molar-refractivity contribution < 1.29 is 0 Å². The van der Waals surface area contributed by atoms with E-state index in [9.17, 15) is 0 Å². The van der Waals surface area contributed by atoms with Gasteiger partial charge in [0.2, 0.25) is 0 Å². The van der Waals surface area contributed by atoms with Crippen molar-refractivity contribution in [2.45, 2.75) is 18.9 Å². The molecule has 0 saturated heterocycles. The summed E-state index contributed by atoms with van der Waals surface area (Å²) in [5, 5.41) is 10.0. The summed E-state index contributed by atoms with van der Waals surface area (Å²) in [6, 6.07) is 12.5. The molecule has 60 valence electrons. The molecule has 2 radical (unpaired) electrons. The fourth-order valence-corrected chi connectivity index (χ4v) is 2.02. The van der Waals surface area contributed by atoms with E-state index in [2.05, 4.69) is 25.1 Å². The summed E-state index contributed by atoms with van der Waals surface area (Å²) < 4.78 is 0. The van der Waals surface area contributed by atoms with Crippen LogP contribution < -0.4 is 5.19 Å². The average Bonchev–Trinajstić information content (AvgIpc) is 2.16. The van der Waals surface area contributed by atoms with E-state index in [4.69, 9.17) is 5.26 Å². The molecule has 0 amide bonds. The van der Waals surface area contributed by atoms with Crippen molar-refractivity contribution in [2.75, 3.05) is 0 Å². The number of rotatable bonds is 3. The monoisotopic (exact) mass is 173 g/mol. The predicted octanol–water partition coefficient (Wildman–Crippen LogP) is 1.74. The number of hydrogen-bond donors (Lipinski definition) is 0. The first-order valence-corrected chi connectivity index (χ1v) is 5.15. The average molecular weight is 173 g/mol. The van der Waals surface area contributed by atoms with Crippen LogP contribution in [0.2, 0.25) is 5.54 Å². The third-order valence-electron chi connectivity index (χ3n) is 1.68. The highest BCUT2D eigenvalue weighted by atomic mass is 28.2. The van der Waals surface area contributed by atoms with E-state index in [0.29, 0.717) is 9.52 Å². The van der Waals surface area contributed by atoms with Gasteiger partial charge in [0.05, 0.1) is 6.07 Å². The maximum atomic E-state index is 8.74. The minimum absolute atomic E-state index is 0.201. The van der Waals surface area contributed by atoms with Crippen LogP contribution in [0.4, 0.5) is 0 Å². The Kier molecular flexibility index (Phi) is 3.56. The van der Waals surface area contributed by atoms with Crippen molar-refractivity contribution >= 4 is 14.7 Å². The smallest absolute Gasteiger partial charge is 0.102 e. The summed E-state index contributed by atoms with van der Waals surface area (Å²) in [4.78, 5) is 0. The summed E-state index contributed by atoms with van der Waals surface area (Å²) in [5.74, 6) is 0. The molecular weight excluding hydrogens is 162 g/mol. The molecular formula is C10H11NSi. The number of hydrogen-bond acceptors (Lipinski definition) is 1. The third-order valence-corrected chi connectivity index (χ3v) is 3.23. The molecule has 0 fully saturated rings. The third kappa shape index (κ3) is 2.52. The molecule has 0 bridgehead atoms. The zero-order valence-corrected chi connectivity index (χ0v) is 8.12.